The van der Waals surface area contributed by atoms with Gasteiger partial charge in [-0.1, -0.05) is 20.8 Å². The van der Waals surface area contributed by atoms with Gasteiger partial charge in [-0.15, -0.1) is 0 Å². The maximum atomic E-state index is 12.3. The van der Waals surface area contributed by atoms with Gasteiger partial charge in [-0.2, -0.15) is 0 Å². The van der Waals surface area contributed by atoms with Crippen LogP contribution in [0.4, 0.5) is 4.39 Å². The number of halogens is 1. The number of alkyl halides is 1. The van der Waals surface area contributed by atoms with Gasteiger partial charge in [0.25, 0.3) is 0 Å². The van der Waals surface area contributed by atoms with E-state index < -0.39 is 12.7 Å². The summed E-state index contributed by atoms with van der Waals surface area (Å²) in [6.07, 6.45) is 1.40. The molecule has 1 rings (SSSR count). The molecule has 1 aromatic heterocycles. The number of hydrogen-bond acceptors (Lipinski definition) is 2. The fourth-order valence-electron chi connectivity index (χ4n) is 1.52. The first-order valence-electron chi connectivity index (χ1n) is 5.47. The van der Waals surface area contributed by atoms with Gasteiger partial charge in [-0.25, -0.2) is 9.37 Å². The number of nitrogens with zero attached hydrogens (tertiary/aromatic N) is 1. The third-order valence-electron chi connectivity index (χ3n) is 2.43. The number of aromatic amines is 1. The van der Waals surface area contributed by atoms with Gasteiger partial charge in [0.05, 0.1) is 5.69 Å². The van der Waals surface area contributed by atoms with Crippen LogP contribution in [0.3, 0.4) is 0 Å². The lowest BCUT2D eigenvalue weighted by atomic mass is 10.1. The molecule has 3 N–H and O–H groups in total. The Kier molecular flexibility index (Phi) is 4.27. The van der Waals surface area contributed by atoms with Crippen LogP contribution in [-0.2, 0) is 12.8 Å². The molecule has 0 radical (unpaired) electrons. The van der Waals surface area contributed by atoms with Crippen molar-refractivity contribution in [3.8, 4) is 0 Å². The Balaban J connectivity index is 2.85. The van der Waals surface area contributed by atoms with Crippen molar-refractivity contribution in [1.82, 2.24) is 9.97 Å². The van der Waals surface area contributed by atoms with Gasteiger partial charge in [0.15, 0.2) is 0 Å². The van der Waals surface area contributed by atoms with Gasteiger partial charge in [0.1, 0.15) is 12.5 Å². The van der Waals surface area contributed by atoms with E-state index in [4.69, 9.17) is 5.73 Å². The van der Waals surface area contributed by atoms with E-state index >= 15 is 0 Å². The smallest absolute Gasteiger partial charge is 0.109 e. The Morgan fingerprint density at radius 2 is 2.13 bits per heavy atom. The minimum atomic E-state index is -0.487. The minimum Gasteiger partial charge on any atom is -0.345 e. The largest absolute Gasteiger partial charge is 0.345 e. The monoisotopic (exact) mass is 213 g/mol. The number of rotatable bonds is 5. The van der Waals surface area contributed by atoms with Crippen LogP contribution in [0.1, 0.15) is 43.9 Å². The van der Waals surface area contributed by atoms with Crippen molar-refractivity contribution in [1.29, 1.82) is 0 Å². The standard InChI is InChI=1S/C11H20FN3/c1-4-9-10(5-8(13)6-12)15-11(14-9)7(2)3/h7-8H,4-6,13H2,1-3H3,(H,14,15). The van der Waals surface area contributed by atoms with E-state index in [1.165, 1.54) is 0 Å². The van der Waals surface area contributed by atoms with E-state index in [0.29, 0.717) is 12.3 Å². The summed E-state index contributed by atoms with van der Waals surface area (Å²) in [5.41, 5.74) is 7.60. The van der Waals surface area contributed by atoms with Crippen molar-refractivity contribution in [3.05, 3.63) is 17.2 Å². The number of H-pyrrole nitrogens is 1. The van der Waals surface area contributed by atoms with E-state index in [-0.39, 0.29) is 0 Å². The van der Waals surface area contributed by atoms with Crippen LogP contribution < -0.4 is 5.73 Å². The van der Waals surface area contributed by atoms with E-state index in [2.05, 4.69) is 23.8 Å². The Morgan fingerprint density at radius 1 is 1.47 bits per heavy atom. The second-order valence-electron chi connectivity index (χ2n) is 4.17. The van der Waals surface area contributed by atoms with Gasteiger partial charge in [-0.3, -0.25) is 0 Å². The van der Waals surface area contributed by atoms with Gasteiger partial charge < -0.3 is 10.7 Å². The molecule has 0 aromatic carbocycles. The van der Waals surface area contributed by atoms with Crippen LogP contribution in [0.5, 0.6) is 0 Å². The predicted molar refractivity (Wildman–Crippen MR) is 59.7 cm³/mol. The number of aryl methyl sites for hydroxylation is 1. The molecule has 0 saturated heterocycles. The first-order valence-corrected chi connectivity index (χ1v) is 5.47. The number of nitrogens with two attached hydrogens (primary N) is 1. The van der Waals surface area contributed by atoms with Crippen LogP contribution in [0, 0.1) is 0 Å². The molecule has 1 aromatic rings. The molecule has 0 aliphatic heterocycles. The van der Waals surface area contributed by atoms with Crippen LogP contribution >= 0.6 is 0 Å². The van der Waals surface area contributed by atoms with Gasteiger partial charge in [-0.05, 0) is 6.42 Å². The molecule has 0 bridgehead atoms. The molecule has 0 amide bonds. The van der Waals surface area contributed by atoms with E-state index in [1.54, 1.807) is 0 Å². The summed E-state index contributed by atoms with van der Waals surface area (Å²) in [5.74, 6) is 1.33. The quantitative estimate of drug-likeness (QED) is 0.785. The highest BCUT2D eigenvalue weighted by Gasteiger charge is 2.13. The molecule has 4 heteroatoms. The van der Waals surface area contributed by atoms with Crippen molar-refractivity contribution >= 4 is 0 Å². The zero-order chi connectivity index (χ0) is 11.4. The normalized spacial score (nSPS) is 13.5. The fraction of sp³-hybridized carbons (Fsp3) is 0.727. The maximum absolute atomic E-state index is 12.3. The predicted octanol–water partition coefficient (Wildman–Crippen LogP) is 1.93. The zero-order valence-electron chi connectivity index (χ0n) is 9.68. The van der Waals surface area contributed by atoms with Crippen molar-refractivity contribution in [2.24, 2.45) is 5.73 Å². The molecule has 1 atom stereocenters. The third kappa shape index (κ3) is 3.02. The molecule has 1 unspecified atom stereocenters. The number of aromatic nitrogens is 2. The second kappa shape index (κ2) is 5.26. The zero-order valence-corrected chi connectivity index (χ0v) is 9.68. The summed E-state index contributed by atoms with van der Waals surface area (Å²) in [5, 5.41) is 0. The number of imidazole rings is 1. The van der Waals surface area contributed by atoms with Crippen molar-refractivity contribution < 1.29 is 4.39 Å². The molecule has 0 fully saturated rings. The molecule has 1 heterocycles. The Labute approximate surface area is 90.3 Å². The van der Waals surface area contributed by atoms with Crippen LogP contribution in [0.25, 0.3) is 0 Å². The lowest BCUT2D eigenvalue weighted by molar-refractivity contribution is 0.424. The minimum absolute atomic E-state index is 0.366. The van der Waals surface area contributed by atoms with Crippen LogP contribution in [-0.4, -0.2) is 22.7 Å². The topological polar surface area (TPSA) is 54.7 Å². The van der Waals surface area contributed by atoms with Gasteiger partial charge >= 0.3 is 0 Å². The molecular formula is C11H20FN3. The molecule has 0 aliphatic rings. The van der Waals surface area contributed by atoms with Crippen LogP contribution in [0.2, 0.25) is 0 Å². The number of nitrogens with one attached hydrogen (secondary N) is 1. The van der Waals surface area contributed by atoms with Gasteiger partial charge in [0, 0.05) is 24.1 Å². The summed E-state index contributed by atoms with van der Waals surface area (Å²) in [4.78, 5) is 7.72. The highest BCUT2D eigenvalue weighted by molar-refractivity contribution is 5.17. The van der Waals surface area contributed by atoms with Crippen molar-refractivity contribution in [2.45, 2.75) is 45.6 Å². The lowest BCUT2D eigenvalue weighted by Crippen LogP contribution is -2.25. The lowest BCUT2D eigenvalue weighted by Gasteiger charge is -2.05. The highest BCUT2D eigenvalue weighted by atomic mass is 19.1. The SMILES string of the molecule is CCc1nc(C(C)C)[nH]c1CC(N)CF. The molecule has 15 heavy (non-hydrogen) atoms. The molecule has 86 valence electrons. The van der Waals surface area contributed by atoms with Gasteiger partial charge in [0.2, 0.25) is 0 Å². The summed E-state index contributed by atoms with van der Waals surface area (Å²) >= 11 is 0. The van der Waals surface area contributed by atoms with Crippen molar-refractivity contribution in [2.75, 3.05) is 6.67 Å². The van der Waals surface area contributed by atoms with Crippen LogP contribution in [0.15, 0.2) is 0 Å². The van der Waals surface area contributed by atoms with E-state index in [1.807, 2.05) is 6.92 Å². The molecular weight excluding hydrogens is 193 g/mol. The molecule has 0 spiro atoms. The number of hydrogen-bond donors (Lipinski definition) is 2. The first kappa shape index (κ1) is 12.2. The summed E-state index contributed by atoms with van der Waals surface area (Å²) in [6.45, 7) is 5.72. The maximum Gasteiger partial charge on any atom is 0.109 e. The van der Waals surface area contributed by atoms with E-state index in [9.17, 15) is 4.39 Å². The first-order chi connectivity index (χ1) is 7.08. The second-order valence-corrected chi connectivity index (χ2v) is 4.17. The Bertz CT molecular complexity index is 307. The highest BCUT2D eigenvalue weighted by Crippen LogP contribution is 2.15. The molecule has 3 nitrogen and oxygen atoms in total. The fourth-order valence-corrected chi connectivity index (χ4v) is 1.52. The Hall–Kier alpha value is -0.900. The molecule has 0 aliphatic carbocycles. The molecule has 0 saturated carbocycles. The summed E-state index contributed by atoms with van der Waals surface area (Å²) in [6, 6.07) is -0.421. The summed E-state index contributed by atoms with van der Waals surface area (Å²) in [7, 11) is 0. The average Bonchev–Trinajstić information content (AvgIpc) is 2.61. The third-order valence-corrected chi connectivity index (χ3v) is 2.43. The van der Waals surface area contributed by atoms with E-state index in [0.717, 1.165) is 23.6 Å². The Morgan fingerprint density at radius 3 is 2.60 bits per heavy atom. The average molecular weight is 213 g/mol. The summed E-state index contributed by atoms with van der Waals surface area (Å²) < 4.78 is 12.3. The van der Waals surface area contributed by atoms with Crippen molar-refractivity contribution in [3.63, 3.8) is 0 Å².